The molecule has 5 nitrogen and oxygen atoms in total. The molecule has 1 amide bonds. The Bertz CT molecular complexity index is 135. The Balaban J connectivity index is 3.52. The normalized spacial score (nSPS) is 8.60. The van der Waals surface area contributed by atoms with Crippen LogP contribution in [-0.4, -0.2) is 32.1 Å². The van der Waals surface area contributed by atoms with Gasteiger partial charge in [0.2, 0.25) is 0 Å². The van der Waals surface area contributed by atoms with Crippen molar-refractivity contribution in [1.82, 2.24) is 5.32 Å². The number of ether oxygens (including phenoxy) is 1. The highest BCUT2D eigenvalue weighted by molar-refractivity contribution is 6.32. The maximum Gasteiger partial charge on any atom is 0.396 e. The summed E-state index contributed by atoms with van der Waals surface area (Å²) in [6.45, 7) is 0.594. The van der Waals surface area contributed by atoms with Crippen LogP contribution < -0.4 is 11.1 Å². The number of amides is 1. The molecular formula is C5H10N2O3. The first kappa shape index (κ1) is 8.90. The van der Waals surface area contributed by atoms with Crippen LogP contribution in [-0.2, 0) is 14.3 Å². The molecule has 0 radical (unpaired) electrons. The van der Waals surface area contributed by atoms with E-state index in [4.69, 9.17) is 5.73 Å². The summed E-state index contributed by atoms with van der Waals surface area (Å²) in [6, 6.07) is 0. The number of nitrogens with one attached hydrogen (secondary N) is 1. The van der Waals surface area contributed by atoms with Crippen LogP contribution in [0, 0.1) is 0 Å². The van der Waals surface area contributed by atoms with Gasteiger partial charge in [0.05, 0.1) is 7.11 Å². The zero-order valence-electron chi connectivity index (χ0n) is 5.72. The van der Waals surface area contributed by atoms with Crippen molar-refractivity contribution in [2.75, 3.05) is 20.2 Å². The lowest BCUT2D eigenvalue weighted by Gasteiger charge is -1.99. The van der Waals surface area contributed by atoms with Gasteiger partial charge in [0, 0.05) is 13.1 Å². The van der Waals surface area contributed by atoms with E-state index in [1.165, 1.54) is 0 Å². The third-order valence-electron chi connectivity index (χ3n) is 0.801. The van der Waals surface area contributed by atoms with E-state index >= 15 is 0 Å². The number of hydrogen-bond acceptors (Lipinski definition) is 4. The maximum absolute atomic E-state index is 10.5. The molecular weight excluding hydrogens is 136 g/mol. The average molecular weight is 146 g/mol. The van der Waals surface area contributed by atoms with Crippen LogP contribution in [0.5, 0.6) is 0 Å². The lowest BCUT2D eigenvalue weighted by Crippen LogP contribution is -2.35. The van der Waals surface area contributed by atoms with Crippen LogP contribution in [0.4, 0.5) is 0 Å². The molecule has 0 rings (SSSR count). The Morgan fingerprint density at radius 1 is 1.60 bits per heavy atom. The molecule has 0 aromatic heterocycles. The molecule has 0 heterocycles. The van der Waals surface area contributed by atoms with Crippen molar-refractivity contribution >= 4 is 11.9 Å². The van der Waals surface area contributed by atoms with E-state index in [0.29, 0.717) is 6.54 Å². The first-order valence-electron chi connectivity index (χ1n) is 2.78. The van der Waals surface area contributed by atoms with Crippen LogP contribution in [0.3, 0.4) is 0 Å². The number of nitrogens with two attached hydrogens (primary N) is 1. The van der Waals surface area contributed by atoms with E-state index in [0.717, 1.165) is 7.11 Å². The molecule has 0 aliphatic heterocycles. The summed E-state index contributed by atoms with van der Waals surface area (Å²) in [5.74, 6) is -1.65. The molecule has 0 aromatic carbocycles. The van der Waals surface area contributed by atoms with Crippen LogP contribution >= 0.6 is 0 Å². The second-order valence-corrected chi connectivity index (χ2v) is 1.54. The van der Waals surface area contributed by atoms with Crippen LogP contribution in [0.1, 0.15) is 0 Å². The minimum atomic E-state index is -0.895. The molecule has 0 bridgehead atoms. The molecule has 5 heteroatoms. The van der Waals surface area contributed by atoms with Crippen molar-refractivity contribution in [2.45, 2.75) is 0 Å². The summed E-state index contributed by atoms with van der Waals surface area (Å²) < 4.78 is 4.12. The molecule has 0 atom stereocenters. The lowest BCUT2D eigenvalue weighted by molar-refractivity contribution is -0.152. The predicted molar refractivity (Wildman–Crippen MR) is 34.1 cm³/mol. The van der Waals surface area contributed by atoms with Gasteiger partial charge in [0.15, 0.2) is 0 Å². The number of rotatable bonds is 2. The first-order valence-corrected chi connectivity index (χ1v) is 2.78. The zero-order chi connectivity index (χ0) is 7.98. The summed E-state index contributed by atoms with van der Waals surface area (Å²) >= 11 is 0. The fourth-order valence-corrected chi connectivity index (χ4v) is 0.351. The molecule has 0 fully saturated rings. The summed E-state index contributed by atoms with van der Waals surface area (Å²) in [6.07, 6.45) is 0. The molecule has 0 spiro atoms. The first-order chi connectivity index (χ1) is 4.72. The Kier molecular flexibility index (Phi) is 4.23. The van der Waals surface area contributed by atoms with Crippen molar-refractivity contribution in [2.24, 2.45) is 5.73 Å². The predicted octanol–water partition coefficient (Wildman–Crippen LogP) is -1.77. The average Bonchev–Trinajstić information content (AvgIpc) is 1.98. The standard InChI is InChI=1S/C5H10N2O3/c1-10-5(9)4(8)7-3-2-6/h2-3,6H2,1H3,(H,7,8). The highest BCUT2D eigenvalue weighted by Crippen LogP contribution is 1.71. The smallest absolute Gasteiger partial charge is 0.396 e. The molecule has 10 heavy (non-hydrogen) atoms. The van der Waals surface area contributed by atoms with Crippen molar-refractivity contribution in [1.29, 1.82) is 0 Å². The second kappa shape index (κ2) is 4.75. The van der Waals surface area contributed by atoms with Crippen molar-refractivity contribution in [3.63, 3.8) is 0 Å². The third kappa shape index (κ3) is 3.03. The SMILES string of the molecule is COC(=O)C(=O)NCCN. The number of carbonyl (C=O) groups excluding carboxylic acids is 2. The van der Waals surface area contributed by atoms with E-state index in [2.05, 4.69) is 10.1 Å². The Hall–Kier alpha value is -1.10. The fraction of sp³-hybridized carbons (Fsp3) is 0.600. The fourth-order valence-electron chi connectivity index (χ4n) is 0.351. The topological polar surface area (TPSA) is 81.4 Å². The van der Waals surface area contributed by atoms with Gasteiger partial charge in [-0.05, 0) is 0 Å². The van der Waals surface area contributed by atoms with Gasteiger partial charge >= 0.3 is 11.9 Å². The van der Waals surface area contributed by atoms with E-state index in [1.54, 1.807) is 0 Å². The van der Waals surface area contributed by atoms with Gasteiger partial charge in [-0.2, -0.15) is 0 Å². The van der Waals surface area contributed by atoms with Gasteiger partial charge in [-0.1, -0.05) is 0 Å². The Morgan fingerprint density at radius 3 is 2.60 bits per heavy atom. The highest BCUT2D eigenvalue weighted by atomic mass is 16.5. The summed E-state index contributed by atoms with van der Waals surface area (Å²) in [7, 11) is 1.14. The number of methoxy groups -OCH3 is 1. The van der Waals surface area contributed by atoms with Crippen molar-refractivity contribution < 1.29 is 14.3 Å². The van der Waals surface area contributed by atoms with E-state index in [1.807, 2.05) is 0 Å². The van der Waals surface area contributed by atoms with Gasteiger partial charge in [-0.25, -0.2) is 4.79 Å². The molecule has 0 aliphatic carbocycles. The largest absolute Gasteiger partial charge is 0.462 e. The van der Waals surface area contributed by atoms with E-state index in [9.17, 15) is 9.59 Å². The van der Waals surface area contributed by atoms with E-state index < -0.39 is 11.9 Å². The maximum atomic E-state index is 10.5. The number of esters is 1. The Morgan fingerprint density at radius 2 is 2.20 bits per heavy atom. The summed E-state index contributed by atoms with van der Waals surface area (Å²) in [5.41, 5.74) is 5.05. The molecule has 0 saturated carbocycles. The molecule has 0 aliphatic rings. The molecule has 3 N–H and O–H groups in total. The third-order valence-corrected chi connectivity index (χ3v) is 0.801. The number of carbonyl (C=O) groups is 2. The van der Waals surface area contributed by atoms with Gasteiger partial charge in [0.1, 0.15) is 0 Å². The molecule has 0 unspecified atom stereocenters. The number of hydrogen-bond donors (Lipinski definition) is 2. The highest BCUT2D eigenvalue weighted by Gasteiger charge is 2.10. The van der Waals surface area contributed by atoms with Crippen molar-refractivity contribution in [3.05, 3.63) is 0 Å². The quantitative estimate of drug-likeness (QED) is 0.357. The molecule has 0 saturated heterocycles. The van der Waals surface area contributed by atoms with Gasteiger partial charge in [-0.15, -0.1) is 0 Å². The minimum absolute atomic E-state index is 0.286. The van der Waals surface area contributed by atoms with Crippen LogP contribution in [0.25, 0.3) is 0 Å². The summed E-state index contributed by atoms with van der Waals surface area (Å²) in [4.78, 5) is 20.8. The Labute approximate surface area is 58.5 Å². The molecule has 58 valence electrons. The van der Waals surface area contributed by atoms with E-state index in [-0.39, 0.29) is 6.54 Å². The van der Waals surface area contributed by atoms with Crippen LogP contribution in [0.15, 0.2) is 0 Å². The van der Waals surface area contributed by atoms with Gasteiger partial charge < -0.3 is 15.8 Å². The van der Waals surface area contributed by atoms with Crippen LogP contribution in [0.2, 0.25) is 0 Å². The molecule has 0 aromatic rings. The van der Waals surface area contributed by atoms with Crippen molar-refractivity contribution in [3.8, 4) is 0 Å². The second-order valence-electron chi connectivity index (χ2n) is 1.54. The van der Waals surface area contributed by atoms with Gasteiger partial charge in [0.25, 0.3) is 0 Å². The zero-order valence-corrected chi connectivity index (χ0v) is 5.72. The summed E-state index contributed by atoms with van der Waals surface area (Å²) in [5, 5.41) is 2.24. The van der Waals surface area contributed by atoms with Gasteiger partial charge in [-0.3, -0.25) is 4.79 Å². The lowest BCUT2D eigenvalue weighted by atomic mass is 10.5. The minimum Gasteiger partial charge on any atom is -0.462 e. The monoisotopic (exact) mass is 146 g/mol.